The molecule has 9 nitrogen and oxygen atoms in total. The number of allylic oxidation sites excluding steroid dienone is 21. The molecule has 0 saturated carbocycles. The highest BCUT2D eigenvalue weighted by Crippen LogP contribution is 2.23. The van der Waals surface area contributed by atoms with Crippen LogP contribution in [0.2, 0.25) is 0 Å². The van der Waals surface area contributed by atoms with Gasteiger partial charge in [0.25, 0.3) is 0 Å². The fraction of sp³-hybridized carbons (Fsp3) is 0.662. The first kappa shape index (κ1) is 71.3. The van der Waals surface area contributed by atoms with E-state index >= 15 is 0 Å². The number of hydrogen-bond donors (Lipinski definition) is 6. The molecular weight excluding hydrogens is 959 g/mol. The number of aliphatic hydroxyl groups is 5. The minimum atomic E-state index is -1.58. The van der Waals surface area contributed by atoms with Gasteiger partial charge in [-0.3, -0.25) is 4.79 Å². The Bertz CT molecular complexity index is 1670. The third-order valence-corrected chi connectivity index (χ3v) is 13.7. The van der Waals surface area contributed by atoms with E-state index in [1.807, 2.05) is 6.08 Å². The third-order valence-electron chi connectivity index (χ3n) is 13.7. The molecule has 77 heavy (non-hydrogen) atoms. The Morgan fingerprint density at radius 3 is 1.25 bits per heavy atom. The second kappa shape index (κ2) is 55.6. The average Bonchev–Trinajstić information content (AvgIpc) is 3.43. The van der Waals surface area contributed by atoms with Crippen LogP contribution in [-0.2, 0) is 14.3 Å². The summed E-state index contributed by atoms with van der Waals surface area (Å²) in [6.07, 6.45) is 78.1. The van der Waals surface area contributed by atoms with Gasteiger partial charge >= 0.3 is 0 Å². The summed E-state index contributed by atoms with van der Waals surface area (Å²) in [4.78, 5) is 13.1. The molecule has 1 heterocycles. The van der Waals surface area contributed by atoms with E-state index in [-0.39, 0.29) is 12.5 Å². The molecule has 438 valence electrons. The maximum atomic E-state index is 13.1. The molecule has 6 N–H and O–H groups in total. The summed E-state index contributed by atoms with van der Waals surface area (Å²) >= 11 is 0. The van der Waals surface area contributed by atoms with Crippen molar-refractivity contribution < 1.29 is 39.8 Å². The van der Waals surface area contributed by atoms with Crippen molar-refractivity contribution in [3.8, 4) is 0 Å². The number of amides is 1. The average molecular weight is 1070 g/mol. The lowest BCUT2D eigenvalue weighted by molar-refractivity contribution is -0.302. The van der Waals surface area contributed by atoms with Crippen molar-refractivity contribution in [1.29, 1.82) is 0 Å². The minimum absolute atomic E-state index is 0.198. The van der Waals surface area contributed by atoms with E-state index in [1.54, 1.807) is 6.08 Å². The molecule has 7 unspecified atom stereocenters. The molecule has 1 fully saturated rings. The number of unbranched alkanes of at least 4 members (excludes halogenated alkanes) is 21. The maximum absolute atomic E-state index is 13.1. The van der Waals surface area contributed by atoms with Crippen molar-refractivity contribution in [3.63, 3.8) is 0 Å². The van der Waals surface area contributed by atoms with E-state index in [0.717, 1.165) is 109 Å². The lowest BCUT2D eigenvalue weighted by Gasteiger charge is -2.40. The Morgan fingerprint density at radius 1 is 0.455 bits per heavy atom. The van der Waals surface area contributed by atoms with Gasteiger partial charge in [0.2, 0.25) is 5.91 Å². The van der Waals surface area contributed by atoms with E-state index in [1.165, 1.54) is 103 Å². The van der Waals surface area contributed by atoms with Crippen LogP contribution in [0.5, 0.6) is 0 Å². The van der Waals surface area contributed by atoms with Crippen molar-refractivity contribution in [2.75, 3.05) is 13.2 Å². The van der Waals surface area contributed by atoms with Gasteiger partial charge in [0.15, 0.2) is 6.29 Å². The molecule has 7 atom stereocenters. The van der Waals surface area contributed by atoms with Gasteiger partial charge < -0.3 is 40.3 Å². The van der Waals surface area contributed by atoms with Gasteiger partial charge in [-0.05, 0) is 103 Å². The predicted molar refractivity (Wildman–Crippen MR) is 327 cm³/mol. The molecule has 0 bridgehead atoms. The van der Waals surface area contributed by atoms with Gasteiger partial charge in [0.05, 0.1) is 25.4 Å². The maximum Gasteiger partial charge on any atom is 0.220 e. The molecule has 0 radical (unpaired) electrons. The molecular formula is C68H113NO8. The van der Waals surface area contributed by atoms with Crippen LogP contribution in [0.3, 0.4) is 0 Å². The zero-order valence-corrected chi connectivity index (χ0v) is 48.7. The van der Waals surface area contributed by atoms with Gasteiger partial charge in [-0.1, -0.05) is 257 Å². The molecule has 0 aliphatic carbocycles. The van der Waals surface area contributed by atoms with Gasteiger partial charge in [-0.25, -0.2) is 0 Å². The third kappa shape index (κ3) is 44.8. The summed E-state index contributed by atoms with van der Waals surface area (Å²) in [5, 5.41) is 54.5. The van der Waals surface area contributed by atoms with E-state index in [2.05, 4.69) is 141 Å². The highest BCUT2D eigenvalue weighted by atomic mass is 16.7. The summed E-state index contributed by atoms with van der Waals surface area (Å²) in [6, 6.07) is -0.835. The monoisotopic (exact) mass is 1070 g/mol. The fourth-order valence-corrected chi connectivity index (χ4v) is 8.87. The number of rotatable bonds is 51. The van der Waals surface area contributed by atoms with Crippen LogP contribution >= 0.6 is 0 Å². The molecule has 0 aromatic carbocycles. The molecule has 1 aliphatic rings. The summed E-state index contributed by atoms with van der Waals surface area (Å²) < 4.78 is 11.3. The number of carbonyl (C=O) groups excluding carboxylic acids is 1. The number of carbonyl (C=O) groups is 1. The molecule has 0 aromatic heterocycles. The Balaban J connectivity index is 2.20. The van der Waals surface area contributed by atoms with Gasteiger partial charge in [0, 0.05) is 6.42 Å². The van der Waals surface area contributed by atoms with Crippen LogP contribution in [0.4, 0.5) is 0 Å². The summed E-state index contributed by atoms with van der Waals surface area (Å²) in [5.74, 6) is -0.198. The van der Waals surface area contributed by atoms with Crippen LogP contribution in [0, 0.1) is 0 Å². The molecule has 0 spiro atoms. The van der Waals surface area contributed by atoms with Gasteiger partial charge in [-0.15, -0.1) is 0 Å². The van der Waals surface area contributed by atoms with Crippen molar-refractivity contribution >= 4 is 5.91 Å². The summed E-state index contributed by atoms with van der Waals surface area (Å²) in [5.41, 5.74) is 0. The van der Waals surface area contributed by atoms with Crippen LogP contribution in [-0.4, -0.2) is 87.5 Å². The lowest BCUT2D eigenvalue weighted by Crippen LogP contribution is -2.60. The van der Waals surface area contributed by atoms with Crippen molar-refractivity contribution in [2.45, 2.75) is 275 Å². The Kier molecular flexibility index (Phi) is 51.5. The zero-order valence-electron chi connectivity index (χ0n) is 48.7. The Hall–Kier alpha value is -3.67. The number of hydrogen-bond acceptors (Lipinski definition) is 8. The molecule has 1 aliphatic heterocycles. The van der Waals surface area contributed by atoms with Crippen LogP contribution in [0.15, 0.2) is 134 Å². The van der Waals surface area contributed by atoms with Crippen molar-refractivity contribution in [3.05, 3.63) is 134 Å². The highest BCUT2D eigenvalue weighted by molar-refractivity contribution is 5.76. The van der Waals surface area contributed by atoms with E-state index in [0.29, 0.717) is 6.42 Å². The quantitative estimate of drug-likeness (QED) is 0.0261. The molecule has 1 rings (SSSR count). The smallest absolute Gasteiger partial charge is 0.220 e. The first-order valence-corrected chi connectivity index (χ1v) is 30.9. The number of aliphatic hydroxyl groups excluding tert-OH is 5. The highest BCUT2D eigenvalue weighted by Gasteiger charge is 2.44. The van der Waals surface area contributed by atoms with E-state index in [9.17, 15) is 30.3 Å². The predicted octanol–water partition coefficient (Wildman–Crippen LogP) is 16.1. The lowest BCUT2D eigenvalue weighted by atomic mass is 9.99. The topological polar surface area (TPSA) is 149 Å². The molecule has 0 aromatic rings. The fourth-order valence-electron chi connectivity index (χ4n) is 8.87. The number of nitrogens with one attached hydrogen (secondary N) is 1. The van der Waals surface area contributed by atoms with Crippen molar-refractivity contribution in [2.24, 2.45) is 0 Å². The zero-order chi connectivity index (χ0) is 55.8. The first-order chi connectivity index (χ1) is 37.8. The second-order valence-electron chi connectivity index (χ2n) is 20.8. The first-order valence-electron chi connectivity index (χ1n) is 30.9. The largest absolute Gasteiger partial charge is 0.394 e. The standard InChI is InChI=1S/C68H113NO8/c1-3-5-7-9-11-13-15-17-19-21-22-23-24-25-26-27-28-29-30-31-32-33-34-35-36-37-38-39-40-42-44-46-48-50-52-54-56-58-64(72)69-61(60-76-68-67(75)66(74)65(73)63(59-70)77-68)62(71)57-55-53-51-49-47-45-43-41-20-18-16-14-12-10-8-6-4-2/h5,7,11,13,17,19,22-23,25-26,28-29,31-32,34-35,37-38,47,49,55,57,61-63,65-68,70-71,73-75H,3-4,6,8-10,12,14-16,18,20-21,24,27,30,33,36,39-46,48,50-54,56,58-60H2,1-2H3,(H,69,72)/b7-5-,13-11-,19-17-,23-22-,26-25-,29-28-,32-31-,35-34-,38-37-,49-47+,57-55+. The van der Waals surface area contributed by atoms with E-state index < -0.39 is 49.5 Å². The Morgan fingerprint density at radius 2 is 0.818 bits per heavy atom. The van der Waals surface area contributed by atoms with Gasteiger partial charge in [0.1, 0.15) is 24.4 Å². The van der Waals surface area contributed by atoms with Gasteiger partial charge in [-0.2, -0.15) is 0 Å². The number of ether oxygens (including phenoxy) is 2. The second-order valence-corrected chi connectivity index (χ2v) is 20.8. The van der Waals surface area contributed by atoms with Crippen molar-refractivity contribution in [1.82, 2.24) is 5.32 Å². The molecule has 1 amide bonds. The van der Waals surface area contributed by atoms with E-state index in [4.69, 9.17) is 9.47 Å². The molecule has 1 saturated heterocycles. The Labute approximate surface area is 471 Å². The summed E-state index contributed by atoms with van der Waals surface area (Å²) in [6.45, 7) is 3.64. The van der Waals surface area contributed by atoms with Crippen LogP contribution in [0.1, 0.15) is 232 Å². The summed E-state index contributed by atoms with van der Waals surface area (Å²) in [7, 11) is 0. The normalized spacial score (nSPS) is 19.7. The minimum Gasteiger partial charge on any atom is -0.394 e. The van der Waals surface area contributed by atoms with Crippen LogP contribution in [0.25, 0.3) is 0 Å². The SMILES string of the molecule is CC/C=C\C/C=C\C/C=C\C/C=C\C/C=C\C/C=C\C/C=C\C/C=C\C/C=C\CCCCCCCCCCCC(=O)NC(COC1OC(CO)C(O)C(O)C1O)C(O)/C=C/CC/C=C/CCCCCCCCCCCCC. The van der Waals surface area contributed by atoms with Crippen LogP contribution < -0.4 is 5.32 Å². The molecule has 9 heteroatoms.